The van der Waals surface area contributed by atoms with Gasteiger partial charge in [-0.2, -0.15) is 0 Å². The van der Waals surface area contributed by atoms with Crippen molar-refractivity contribution in [3.63, 3.8) is 0 Å². The molecule has 0 heterocycles. The second-order valence-corrected chi connectivity index (χ2v) is 7.87. The summed E-state index contributed by atoms with van der Waals surface area (Å²) in [5, 5.41) is 0. The van der Waals surface area contributed by atoms with Crippen LogP contribution in [0.3, 0.4) is 0 Å². The van der Waals surface area contributed by atoms with Crippen LogP contribution in [0.15, 0.2) is 54.6 Å². The zero-order chi connectivity index (χ0) is 19.8. The fourth-order valence-corrected chi connectivity index (χ4v) is 3.90. The molecule has 1 unspecified atom stereocenters. The van der Waals surface area contributed by atoms with E-state index in [1.54, 1.807) is 0 Å². The molecule has 2 heteroatoms. The number of unbranched alkanes of at least 4 members (excludes halogenated alkanes) is 1. The average Bonchev–Trinajstić information content (AvgIpc) is 2.74. The largest absolute Gasteiger partial charge is 0.423 e. The van der Waals surface area contributed by atoms with Gasteiger partial charge in [0.25, 0.3) is 0 Å². The summed E-state index contributed by atoms with van der Waals surface area (Å²) in [4.78, 5) is 12.4. The molecule has 0 N–H and O–H groups in total. The second kappa shape index (κ2) is 10.3. The molecule has 0 fully saturated rings. The first-order valence-corrected chi connectivity index (χ1v) is 10.8. The Morgan fingerprint density at radius 2 is 1.75 bits per heavy atom. The Bertz CT molecular complexity index is 784. The van der Waals surface area contributed by atoms with Gasteiger partial charge in [0.05, 0.1) is 5.56 Å². The molecule has 1 aliphatic carbocycles. The Kier molecular flexibility index (Phi) is 7.47. The maximum Gasteiger partial charge on any atom is 0.343 e. The van der Waals surface area contributed by atoms with Crippen molar-refractivity contribution in [2.45, 2.75) is 65.2 Å². The first kappa shape index (κ1) is 20.4. The van der Waals surface area contributed by atoms with E-state index in [-0.39, 0.29) is 5.97 Å². The Labute approximate surface area is 169 Å². The van der Waals surface area contributed by atoms with Gasteiger partial charge in [-0.25, -0.2) is 4.79 Å². The van der Waals surface area contributed by atoms with Crippen molar-refractivity contribution in [3.05, 3.63) is 71.3 Å². The summed E-state index contributed by atoms with van der Waals surface area (Å²) >= 11 is 0. The van der Waals surface area contributed by atoms with Gasteiger partial charge in [0.2, 0.25) is 0 Å². The van der Waals surface area contributed by atoms with Crippen molar-refractivity contribution < 1.29 is 9.53 Å². The third-order valence-corrected chi connectivity index (χ3v) is 5.65. The summed E-state index contributed by atoms with van der Waals surface area (Å²) < 4.78 is 5.52. The lowest BCUT2D eigenvalue weighted by molar-refractivity contribution is 0.0734. The Balaban J connectivity index is 1.58. The van der Waals surface area contributed by atoms with Gasteiger partial charge >= 0.3 is 5.97 Å². The summed E-state index contributed by atoms with van der Waals surface area (Å²) in [6, 6.07) is 15.7. The van der Waals surface area contributed by atoms with Gasteiger partial charge in [0, 0.05) is 0 Å². The van der Waals surface area contributed by atoms with Crippen LogP contribution in [-0.2, 0) is 6.42 Å². The van der Waals surface area contributed by atoms with Gasteiger partial charge in [-0.15, -0.1) is 0 Å². The number of carbonyl (C=O) groups excluding carboxylic acids is 1. The van der Waals surface area contributed by atoms with E-state index in [9.17, 15) is 4.79 Å². The smallest absolute Gasteiger partial charge is 0.343 e. The molecule has 0 radical (unpaired) electrons. The number of rotatable bonds is 8. The van der Waals surface area contributed by atoms with E-state index in [2.05, 4.69) is 32.1 Å². The molecule has 1 atom stereocenters. The topological polar surface area (TPSA) is 26.3 Å². The van der Waals surface area contributed by atoms with Crippen molar-refractivity contribution >= 4 is 11.5 Å². The molecule has 28 heavy (non-hydrogen) atoms. The van der Waals surface area contributed by atoms with Crippen LogP contribution >= 0.6 is 0 Å². The number of carbonyl (C=O) groups is 1. The van der Waals surface area contributed by atoms with E-state index in [1.165, 1.54) is 48.8 Å². The number of allylic oxidation sites excluding steroid dienone is 2. The van der Waals surface area contributed by atoms with Crippen molar-refractivity contribution in [2.75, 3.05) is 0 Å². The van der Waals surface area contributed by atoms with Crippen molar-refractivity contribution in [1.29, 1.82) is 0 Å². The third kappa shape index (κ3) is 5.58. The maximum absolute atomic E-state index is 12.4. The molecule has 148 valence electrons. The lowest BCUT2D eigenvalue weighted by Gasteiger charge is -2.22. The van der Waals surface area contributed by atoms with Gasteiger partial charge in [0.15, 0.2) is 0 Å². The van der Waals surface area contributed by atoms with Gasteiger partial charge in [-0.1, -0.05) is 69.9 Å². The van der Waals surface area contributed by atoms with E-state index in [0.717, 1.165) is 25.2 Å². The molecule has 0 amide bonds. The standard InChI is InChI=1S/C26H32O2/c1-3-5-7-21-8-12-22(13-9-21)23-14-16-24(17-15-23)26(27)28-25-18-10-20(6-4-2)11-19-25/h10-12,14-19,21H,3-9,13H2,1-2H3. The predicted octanol–water partition coefficient (Wildman–Crippen LogP) is 7.23. The molecule has 0 spiro atoms. The number of benzene rings is 2. The zero-order valence-electron chi connectivity index (χ0n) is 17.2. The van der Waals surface area contributed by atoms with Crippen LogP contribution in [0, 0.1) is 5.92 Å². The molecule has 3 rings (SSSR count). The van der Waals surface area contributed by atoms with Crippen LogP contribution in [-0.4, -0.2) is 5.97 Å². The van der Waals surface area contributed by atoms with Crippen molar-refractivity contribution in [1.82, 2.24) is 0 Å². The SMILES string of the molecule is CCCCC1CC=C(c2ccc(C(=O)Oc3ccc(CCC)cc3)cc2)CC1. The molecule has 0 saturated heterocycles. The van der Waals surface area contributed by atoms with Crippen LogP contribution in [0.4, 0.5) is 0 Å². The summed E-state index contributed by atoms with van der Waals surface area (Å²) in [6.45, 7) is 4.42. The number of esters is 1. The van der Waals surface area contributed by atoms with E-state index < -0.39 is 0 Å². The summed E-state index contributed by atoms with van der Waals surface area (Å²) in [7, 11) is 0. The van der Waals surface area contributed by atoms with Gasteiger partial charge in [0.1, 0.15) is 5.75 Å². The lowest BCUT2D eigenvalue weighted by atomic mass is 9.84. The quantitative estimate of drug-likeness (QED) is 0.359. The summed E-state index contributed by atoms with van der Waals surface area (Å²) in [5.41, 5.74) is 4.51. The van der Waals surface area contributed by atoms with Crippen LogP contribution in [0.2, 0.25) is 0 Å². The van der Waals surface area contributed by atoms with Gasteiger partial charge in [-0.3, -0.25) is 0 Å². The van der Waals surface area contributed by atoms with E-state index in [1.807, 2.05) is 36.4 Å². The maximum atomic E-state index is 12.4. The van der Waals surface area contributed by atoms with Gasteiger partial charge < -0.3 is 4.74 Å². The Morgan fingerprint density at radius 1 is 1.00 bits per heavy atom. The van der Waals surface area contributed by atoms with Crippen LogP contribution < -0.4 is 4.74 Å². The number of ether oxygens (including phenoxy) is 1. The van der Waals surface area contributed by atoms with Crippen molar-refractivity contribution in [3.8, 4) is 5.75 Å². The molecule has 0 bridgehead atoms. The summed E-state index contributed by atoms with van der Waals surface area (Å²) in [5.74, 6) is 1.15. The molecular formula is C26H32O2. The third-order valence-electron chi connectivity index (χ3n) is 5.65. The molecule has 0 aromatic heterocycles. The van der Waals surface area contributed by atoms with Crippen LogP contribution in [0.1, 0.15) is 80.3 Å². The zero-order valence-corrected chi connectivity index (χ0v) is 17.2. The number of aryl methyl sites for hydroxylation is 1. The van der Waals surface area contributed by atoms with Crippen LogP contribution in [0.5, 0.6) is 5.75 Å². The summed E-state index contributed by atoms with van der Waals surface area (Å²) in [6.07, 6.45) is 12.1. The molecular weight excluding hydrogens is 344 g/mol. The lowest BCUT2D eigenvalue weighted by Crippen LogP contribution is -2.09. The first-order chi connectivity index (χ1) is 13.7. The van der Waals surface area contributed by atoms with Gasteiger partial charge in [-0.05, 0) is 72.6 Å². The Hall–Kier alpha value is -2.35. The average molecular weight is 377 g/mol. The second-order valence-electron chi connectivity index (χ2n) is 7.87. The number of hydrogen-bond donors (Lipinski definition) is 0. The molecule has 2 nitrogen and oxygen atoms in total. The molecule has 2 aromatic carbocycles. The highest BCUT2D eigenvalue weighted by molar-refractivity contribution is 5.91. The molecule has 0 aliphatic heterocycles. The van der Waals surface area contributed by atoms with E-state index >= 15 is 0 Å². The molecule has 0 saturated carbocycles. The van der Waals surface area contributed by atoms with E-state index in [0.29, 0.717) is 11.3 Å². The minimum atomic E-state index is -0.299. The number of hydrogen-bond acceptors (Lipinski definition) is 2. The highest BCUT2D eigenvalue weighted by Crippen LogP contribution is 2.32. The molecule has 2 aromatic rings. The molecule has 1 aliphatic rings. The highest BCUT2D eigenvalue weighted by atomic mass is 16.5. The Morgan fingerprint density at radius 3 is 2.36 bits per heavy atom. The normalized spacial score (nSPS) is 16.5. The monoisotopic (exact) mass is 376 g/mol. The minimum Gasteiger partial charge on any atom is -0.423 e. The fourth-order valence-electron chi connectivity index (χ4n) is 3.90. The minimum absolute atomic E-state index is 0.299. The van der Waals surface area contributed by atoms with Crippen molar-refractivity contribution in [2.24, 2.45) is 5.92 Å². The van der Waals surface area contributed by atoms with E-state index in [4.69, 9.17) is 4.74 Å². The highest BCUT2D eigenvalue weighted by Gasteiger charge is 2.16. The van der Waals surface area contributed by atoms with Crippen LogP contribution in [0.25, 0.3) is 5.57 Å². The fraction of sp³-hybridized carbons (Fsp3) is 0.423. The predicted molar refractivity (Wildman–Crippen MR) is 117 cm³/mol. The first-order valence-electron chi connectivity index (χ1n) is 10.8.